The topological polar surface area (TPSA) is 90.5 Å². The molecule has 0 spiro atoms. The molecule has 0 aromatic carbocycles. The van der Waals surface area contributed by atoms with Gasteiger partial charge in [-0.2, -0.15) is 0 Å². The maximum absolute atomic E-state index is 12.5. The van der Waals surface area contributed by atoms with Crippen LogP contribution in [0.2, 0.25) is 0 Å². The van der Waals surface area contributed by atoms with Crippen LogP contribution in [-0.2, 0) is 7.05 Å². The first-order valence-electron chi connectivity index (χ1n) is 8.56. The van der Waals surface area contributed by atoms with Crippen LogP contribution in [0.15, 0.2) is 47.8 Å². The van der Waals surface area contributed by atoms with Gasteiger partial charge in [0.15, 0.2) is 11.3 Å². The molecule has 1 fully saturated rings. The Bertz CT molecular complexity index is 1170. The summed E-state index contributed by atoms with van der Waals surface area (Å²) in [6, 6.07) is 6.29. The average molecular weight is 347 g/mol. The first kappa shape index (κ1) is 15.0. The largest absolute Gasteiger partial charge is 0.367 e. The van der Waals surface area contributed by atoms with Gasteiger partial charge in [-0.25, -0.2) is 19.7 Å². The zero-order chi connectivity index (χ0) is 17.7. The average Bonchev–Trinajstić information content (AvgIpc) is 2.89. The lowest BCUT2D eigenvalue weighted by molar-refractivity contribution is 0.280. The van der Waals surface area contributed by atoms with E-state index in [1.54, 1.807) is 41.0 Å². The molecule has 1 saturated carbocycles. The first-order chi connectivity index (χ1) is 12.7. The number of imidazole rings is 1. The molecule has 130 valence electrons. The Morgan fingerprint density at radius 2 is 1.88 bits per heavy atom. The highest BCUT2D eigenvalue weighted by Gasteiger charge is 2.34. The summed E-state index contributed by atoms with van der Waals surface area (Å²) in [5.41, 5.74) is 2.13. The van der Waals surface area contributed by atoms with Crippen LogP contribution in [0.1, 0.15) is 18.9 Å². The van der Waals surface area contributed by atoms with E-state index < -0.39 is 0 Å². The number of aryl methyl sites for hydroxylation is 1. The van der Waals surface area contributed by atoms with Crippen LogP contribution in [0.25, 0.3) is 22.2 Å². The Morgan fingerprint density at radius 1 is 1.08 bits per heavy atom. The van der Waals surface area contributed by atoms with E-state index in [9.17, 15) is 4.79 Å². The van der Waals surface area contributed by atoms with E-state index in [-0.39, 0.29) is 17.8 Å². The van der Waals surface area contributed by atoms with Gasteiger partial charge in [-0.3, -0.25) is 14.1 Å². The van der Waals surface area contributed by atoms with Crippen molar-refractivity contribution in [2.45, 2.75) is 24.9 Å². The highest BCUT2D eigenvalue weighted by Crippen LogP contribution is 2.34. The molecule has 4 heterocycles. The number of hydrogen-bond donors (Lipinski definition) is 1. The summed E-state index contributed by atoms with van der Waals surface area (Å²) in [5, 5.41) is 4.47. The third-order valence-electron chi connectivity index (χ3n) is 5.02. The van der Waals surface area contributed by atoms with Gasteiger partial charge in [-0.15, -0.1) is 0 Å². The number of hydrogen-bond acceptors (Lipinski definition) is 6. The molecule has 0 saturated heterocycles. The fourth-order valence-corrected chi connectivity index (χ4v) is 3.57. The summed E-state index contributed by atoms with van der Waals surface area (Å²) in [6.07, 6.45) is 8.49. The fraction of sp³-hybridized carbons (Fsp3) is 0.278. The molecule has 4 aromatic heterocycles. The van der Waals surface area contributed by atoms with Crippen molar-refractivity contribution < 1.29 is 0 Å². The summed E-state index contributed by atoms with van der Waals surface area (Å²) in [4.78, 5) is 29.9. The van der Waals surface area contributed by atoms with Crippen molar-refractivity contribution in [3.05, 3.63) is 53.5 Å². The Morgan fingerprint density at radius 3 is 2.73 bits per heavy atom. The van der Waals surface area contributed by atoms with Gasteiger partial charge in [0.05, 0.1) is 5.52 Å². The molecule has 5 rings (SSSR count). The highest BCUT2D eigenvalue weighted by atomic mass is 16.1. The number of pyridine rings is 2. The maximum Gasteiger partial charge on any atom is 0.331 e. The van der Waals surface area contributed by atoms with Gasteiger partial charge < -0.3 is 5.32 Å². The minimum atomic E-state index is -0.0639. The third kappa shape index (κ3) is 2.26. The Kier molecular flexibility index (Phi) is 3.24. The SMILES string of the molecule is Cn1c(=O)n(C2CC(Nc3ccc4cnccc4n3)C2)c2nccnc21. The minimum absolute atomic E-state index is 0.0639. The number of nitrogens with one attached hydrogen (secondary N) is 1. The first-order valence-corrected chi connectivity index (χ1v) is 8.56. The van der Waals surface area contributed by atoms with Gasteiger partial charge in [-0.1, -0.05) is 0 Å². The molecule has 1 aliphatic carbocycles. The monoisotopic (exact) mass is 347 g/mol. The predicted octanol–water partition coefficient (Wildman–Crippen LogP) is 1.89. The van der Waals surface area contributed by atoms with Crippen molar-refractivity contribution in [1.29, 1.82) is 0 Å². The van der Waals surface area contributed by atoms with Gasteiger partial charge in [-0.05, 0) is 31.0 Å². The molecular weight excluding hydrogens is 330 g/mol. The van der Waals surface area contributed by atoms with E-state index in [0.29, 0.717) is 11.3 Å². The highest BCUT2D eigenvalue weighted by molar-refractivity contribution is 5.79. The molecule has 1 N–H and O–H groups in total. The smallest absolute Gasteiger partial charge is 0.331 e. The molecule has 0 aliphatic heterocycles. The van der Waals surface area contributed by atoms with Crippen LogP contribution < -0.4 is 11.0 Å². The lowest BCUT2D eigenvalue weighted by Crippen LogP contribution is -2.41. The van der Waals surface area contributed by atoms with Crippen LogP contribution in [0.3, 0.4) is 0 Å². The van der Waals surface area contributed by atoms with Crippen LogP contribution in [0.5, 0.6) is 0 Å². The lowest BCUT2D eigenvalue weighted by atomic mass is 9.86. The summed E-state index contributed by atoms with van der Waals surface area (Å²) < 4.78 is 3.32. The van der Waals surface area contributed by atoms with Crippen molar-refractivity contribution in [3.63, 3.8) is 0 Å². The zero-order valence-electron chi connectivity index (χ0n) is 14.2. The Balaban J connectivity index is 1.36. The number of anilines is 1. The predicted molar refractivity (Wildman–Crippen MR) is 98.0 cm³/mol. The van der Waals surface area contributed by atoms with Gasteiger partial charge in [0.25, 0.3) is 0 Å². The number of nitrogens with zero attached hydrogens (tertiary/aromatic N) is 6. The molecule has 0 unspecified atom stereocenters. The van der Waals surface area contributed by atoms with Gasteiger partial charge >= 0.3 is 5.69 Å². The van der Waals surface area contributed by atoms with E-state index >= 15 is 0 Å². The van der Waals surface area contributed by atoms with Crippen molar-refractivity contribution >= 4 is 28.0 Å². The van der Waals surface area contributed by atoms with E-state index in [4.69, 9.17) is 0 Å². The number of rotatable bonds is 3. The molecule has 0 radical (unpaired) electrons. The van der Waals surface area contributed by atoms with Crippen molar-refractivity contribution in [3.8, 4) is 0 Å². The third-order valence-corrected chi connectivity index (χ3v) is 5.02. The number of fused-ring (bicyclic) bond motifs is 2. The molecule has 8 nitrogen and oxygen atoms in total. The van der Waals surface area contributed by atoms with E-state index in [0.717, 1.165) is 29.6 Å². The second kappa shape index (κ2) is 5.62. The summed E-state index contributed by atoms with van der Waals surface area (Å²) >= 11 is 0. The second-order valence-corrected chi connectivity index (χ2v) is 6.65. The van der Waals surface area contributed by atoms with Crippen molar-refractivity contribution in [2.24, 2.45) is 7.05 Å². The van der Waals surface area contributed by atoms with Gasteiger partial charge in [0, 0.05) is 49.3 Å². The Labute approximate surface area is 148 Å². The molecule has 26 heavy (non-hydrogen) atoms. The summed E-state index contributed by atoms with van der Waals surface area (Å²) in [6.45, 7) is 0. The quantitative estimate of drug-likeness (QED) is 0.609. The standard InChI is InChI=1S/C18H17N7O/c1-24-16-17(21-7-6-20-16)25(18(24)26)13-8-12(9-13)22-15-3-2-11-10-19-5-4-14(11)23-15/h2-7,10,12-13H,8-9H2,1H3,(H,22,23). The maximum atomic E-state index is 12.5. The number of aromatic nitrogens is 6. The molecule has 8 heteroatoms. The molecule has 4 aromatic rings. The van der Waals surface area contributed by atoms with E-state index in [2.05, 4.69) is 25.3 Å². The lowest BCUT2D eigenvalue weighted by Gasteiger charge is -2.36. The second-order valence-electron chi connectivity index (χ2n) is 6.65. The summed E-state index contributed by atoms with van der Waals surface area (Å²) in [7, 11) is 1.73. The van der Waals surface area contributed by atoms with Crippen molar-refractivity contribution in [2.75, 3.05) is 5.32 Å². The van der Waals surface area contributed by atoms with Crippen LogP contribution >= 0.6 is 0 Å². The van der Waals surface area contributed by atoms with Crippen LogP contribution in [0, 0.1) is 0 Å². The molecule has 0 bridgehead atoms. The molecular formula is C18H17N7O. The summed E-state index contributed by atoms with van der Waals surface area (Å²) in [5.74, 6) is 0.845. The molecule has 0 atom stereocenters. The normalized spacial score (nSPS) is 19.6. The van der Waals surface area contributed by atoms with Crippen LogP contribution in [0.4, 0.5) is 5.82 Å². The Hall–Kier alpha value is -3.29. The van der Waals surface area contributed by atoms with E-state index in [1.807, 2.05) is 18.2 Å². The van der Waals surface area contributed by atoms with Gasteiger partial charge in [0.2, 0.25) is 0 Å². The van der Waals surface area contributed by atoms with Gasteiger partial charge in [0.1, 0.15) is 5.82 Å². The van der Waals surface area contributed by atoms with E-state index in [1.165, 1.54) is 0 Å². The fourth-order valence-electron chi connectivity index (χ4n) is 3.57. The van der Waals surface area contributed by atoms with Crippen LogP contribution in [-0.4, -0.2) is 35.1 Å². The molecule has 0 amide bonds. The van der Waals surface area contributed by atoms with Crippen molar-refractivity contribution in [1.82, 2.24) is 29.1 Å². The minimum Gasteiger partial charge on any atom is -0.367 e. The molecule has 1 aliphatic rings. The zero-order valence-corrected chi connectivity index (χ0v) is 14.2.